The molecule has 0 spiro atoms. The van der Waals surface area contributed by atoms with Crippen molar-refractivity contribution in [2.45, 2.75) is 45.1 Å². The Morgan fingerprint density at radius 2 is 2.35 bits per heavy atom. The number of aromatic amines is 1. The van der Waals surface area contributed by atoms with Crippen LogP contribution >= 0.6 is 0 Å². The summed E-state index contributed by atoms with van der Waals surface area (Å²) in [5.74, 6) is 3.22. The number of H-pyrrole nitrogens is 1. The van der Waals surface area contributed by atoms with Crippen LogP contribution in [0.3, 0.4) is 0 Å². The predicted octanol–water partition coefficient (Wildman–Crippen LogP) is 1.93. The average molecular weight is 233 g/mol. The standard InChI is InChI=1S/C13H19N3O/c1-2-11-15-12(7-13(17)16-11)14-10-6-8-3-4-9(10)5-8/h7-10H,2-6H2,1H3,(H2,14,15,16,17). The minimum atomic E-state index is -0.0532. The van der Waals surface area contributed by atoms with E-state index in [1.54, 1.807) is 6.07 Å². The highest BCUT2D eigenvalue weighted by atomic mass is 16.1. The number of aromatic nitrogens is 2. The van der Waals surface area contributed by atoms with E-state index in [1.165, 1.54) is 25.7 Å². The Bertz CT molecular complexity index is 468. The zero-order chi connectivity index (χ0) is 11.8. The van der Waals surface area contributed by atoms with Gasteiger partial charge in [0.15, 0.2) is 0 Å². The topological polar surface area (TPSA) is 57.8 Å². The van der Waals surface area contributed by atoms with Crippen LogP contribution in [-0.4, -0.2) is 16.0 Å². The first kappa shape index (κ1) is 10.8. The molecule has 0 amide bonds. The summed E-state index contributed by atoms with van der Waals surface area (Å²) in [6, 6.07) is 2.11. The molecule has 0 saturated heterocycles. The van der Waals surface area contributed by atoms with E-state index in [4.69, 9.17) is 0 Å². The fraction of sp³-hybridized carbons (Fsp3) is 0.692. The number of rotatable bonds is 3. The molecule has 2 saturated carbocycles. The van der Waals surface area contributed by atoms with Crippen LogP contribution in [0.2, 0.25) is 0 Å². The summed E-state index contributed by atoms with van der Waals surface area (Å²) in [7, 11) is 0. The lowest BCUT2D eigenvalue weighted by molar-refractivity contribution is 0.438. The summed E-state index contributed by atoms with van der Waals surface area (Å²) in [6.07, 6.45) is 6.11. The second-order valence-electron chi connectivity index (χ2n) is 5.36. The second kappa shape index (κ2) is 4.17. The molecule has 4 nitrogen and oxygen atoms in total. The van der Waals surface area contributed by atoms with Crippen molar-refractivity contribution in [1.29, 1.82) is 0 Å². The third-order valence-electron chi connectivity index (χ3n) is 4.20. The molecular weight excluding hydrogens is 214 g/mol. The average Bonchev–Trinajstić information content (AvgIpc) is 2.90. The van der Waals surface area contributed by atoms with Crippen LogP contribution in [0.15, 0.2) is 10.9 Å². The molecule has 2 aliphatic carbocycles. The third-order valence-corrected chi connectivity index (χ3v) is 4.20. The van der Waals surface area contributed by atoms with E-state index in [1.807, 2.05) is 6.92 Å². The summed E-state index contributed by atoms with van der Waals surface area (Å²) in [4.78, 5) is 18.7. The first-order valence-electron chi connectivity index (χ1n) is 6.61. The van der Waals surface area contributed by atoms with Gasteiger partial charge in [-0.3, -0.25) is 4.79 Å². The summed E-state index contributed by atoms with van der Waals surface area (Å²) in [5, 5.41) is 3.46. The lowest BCUT2D eigenvalue weighted by Crippen LogP contribution is -2.27. The normalized spacial score (nSPS) is 30.8. The number of hydrogen-bond acceptors (Lipinski definition) is 3. The Morgan fingerprint density at radius 1 is 1.47 bits per heavy atom. The molecule has 2 N–H and O–H groups in total. The molecule has 3 unspecified atom stereocenters. The maximum Gasteiger partial charge on any atom is 0.252 e. The van der Waals surface area contributed by atoms with Crippen molar-refractivity contribution >= 4 is 5.82 Å². The molecule has 3 atom stereocenters. The molecule has 2 bridgehead atoms. The van der Waals surface area contributed by atoms with Gasteiger partial charge in [0.25, 0.3) is 5.56 Å². The van der Waals surface area contributed by atoms with E-state index in [9.17, 15) is 4.79 Å². The van der Waals surface area contributed by atoms with Gasteiger partial charge in [-0.05, 0) is 31.1 Å². The maximum absolute atomic E-state index is 11.5. The van der Waals surface area contributed by atoms with Crippen LogP contribution in [0, 0.1) is 11.8 Å². The van der Waals surface area contributed by atoms with Crippen molar-refractivity contribution in [3.8, 4) is 0 Å². The Labute approximate surface area is 101 Å². The van der Waals surface area contributed by atoms with Crippen molar-refractivity contribution in [2.24, 2.45) is 11.8 Å². The fourth-order valence-corrected chi connectivity index (χ4v) is 3.36. The number of nitrogens with zero attached hydrogens (tertiary/aromatic N) is 1. The van der Waals surface area contributed by atoms with Crippen LogP contribution in [0.25, 0.3) is 0 Å². The second-order valence-corrected chi connectivity index (χ2v) is 5.36. The van der Waals surface area contributed by atoms with Crippen LogP contribution in [0.4, 0.5) is 5.82 Å². The molecular formula is C13H19N3O. The van der Waals surface area contributed by atoms with Gasteiger partial charge >= 0.3 is 0 Å². The van der Waals surface area contributed by atoms with Gasteiger partial charge in [-0.25, -0.2) is 4.98 Å². The minimum absolute atomic E-state index is 0.0532. The van der Waals surface area contributed by atoms with Crippen LogP contribution in [0.5, 0.6) is 0 Å². The zero-order valence-corrected chi connectivity index (χ0v) is 10.2. The summed E-state index contributed by atoms with van der Waals surface area (Å²) in [6.45, 7) is 2.00. The first-order chi connectivity index (χ1) is 8.24. The molecule has 0 aliphatic heterocycles. The van der Waals surface area contributed by atoms with Gasteiger partial charge in [0.1, 0.15) is 11.6 Å². The van der Waals surface area contributed by atoms with E-state index in [-0.39, 0.29) is 5.56 Å². The Balaban J connectivity index is 1.76. The van der Waals surface area contributed by atoms with Crippen molar-refractivity contribution in [2.75, 3.05) is 5.32 Å². The van der Waals surface area contributed by atoms with Gasteiger partial charge in [0.2, 0.25) is 0 Å². The predicted molar refractivity (Wildman–Crippen MR) is 67.1 cm³/mol. The largest absolute Gasteiger partial charge is 0.367 e. The summed E-state index contributed by atoms with van der Waals surface area (Å²) in [5.41, 5.74) is -0.0532. The van der Waals surface area contributed by atoms with E-state index >= 15 is 0 Å². The SMILES string of the molecule is CCc1nc(NC2CC3CCC2C3)cc(=O)[nH]1. The van der Waals surface area contributed by atoms with E-state index in [0.717, 1.165) is 29.9 Å². The lowest BCUT2D eigenvalue weighted by Gasteiger charge is -2.23. The Hall–Kier alpha value is -1.32. The molecule has 1 aromatic rings. The van der Waals surface area contributed by atoms with E-state index < -0.39 is 0 Å². The van der Waals surface area contributed by atoms with Gasteiger partial charge in [-0.1, -0.05) is 13.3 Å². The first-order valence-corrected chi connectivity index (χ1v) is 6.61. The zero-order valence-electron chi connectivity index (χ0n) is 10.2. The molecule has 1 aromatic heterocycles. The van der Waals surface area contributed by atoms with Gasteiger partial charge in [0, 0.05) is 18.5 Å². The van der Waals surface area contributed by atoms with Crippen molar-refractivity contribution in [1.82, 2.24) is 9.97 Å². The van der Waals surface area contributed by atoms with Crippen LogP contribution in [-0.2, 0) is 6.42 Å². The minimum Gasteiger partial charge on any atom is -0.367 e. The third kappa shape index (κ3) is 2.08. The molecule has 1 heterocycles. The molecule has 92 valence electrons. The molecule has 2 fully saturated rings. The highest BCUT2D eigenvalue weighted by Crippen LogP contribution is 2.45. The lowest BCUT2D eigenvalue weighted by atomic mass is 9.95. The van der Waals surface area contributed by atoms with Crippen LogP contribution < -0.4 is 10.9 Å². The highest BCUT2D eigenvalue weighted by Gasteiger charge is 2.39. The fourth-order valence-electron chi connectivity index (χ4n) is 3.36. The Morgan fingerprint density at radius 3 is 3.00 bits per heavy atom. The smallest absolute Gasteiger partial charge is 0.252 e. The molecule has 0 radical (unpaired) electrons. The maximum atomic E-state index is 11.5. The van der Waals surface area contributed by atoms with Gasteiger partial charge in [-0.2, -0.15) is 0 Å². The highest BCUT2D eigenvalue weighted by molar-refractivity contribution is 5.35. The van der Waals surface area contributed by atoms with Crippen molar-refractivity contribution in [3.05, 3.63) is 22.2 Å². The van der Waals surface area contributed by atoms with Gasteiger partial charge in [-0.15, -0.1) is 0 Å². The van der Waals surface area contributed by atoms with E-state index in [2.05, 4.69) is 15.3 Å². The number of fused-ring (bicyclic) bond motifs is 2. The van der Waals surface area contributed by atoms with Crippen LogP contribution in [0.1, 0.15) is 38.4 Å². The van der Waals surface area contributed by atoms with E-state index in [0.29, 0.717) is 6.04 Å². The number of anilines is 1. The monoisotopic (exact) mass is 233 g/mol. The number of aryl methyl sites for hydroxylation is 1. The van der Waals surface area contributed by atoms with Gasteiger partial charge < -0.3 is 10.3 Å². The molecule has 17 heavy (non-hydrogen) atoms. The van der Waals surface area contributed by atoms with Gasteiger partial charge in [0.05, 0.1) is 0 Å². The van der Waals surface area contributed by atoms with Crippen molar-refractivity contribution < 1.29 is 0 Å². The Kier molecular flexibility index (Phi) is 2.65. The molecule has 0 aromatic carbocycles. The molecule has 4 heteroatoms. The number of nitrogens with one attached hydrogen (secondary N) is 2. The number of hydrogen-bond donors (Lipinski definition) is 2. The quantitative estimate of drug-likeness (QED) is 0.838. The summed E-state index contributed by atoms with van der Waals surface area (Å²) < 4.78 is 0. The summed E-state index contributed by atoms with van der Waals surface area (Å²) >= 11 is 0. The molecule has 2 aliphatic rings. The van der Waals surface area contributed by atoms with Crippen molar-refractivity contribution in [3.63, 3.8) is 0 Å². The molecule has 3 rings (SSSR count).